The van der Waals surface area contributed by atoms with E-state index in [2.05, 4.69) is 13.2 Å². The van der Waals surface area contributed by atoms with Crippen molar-refractivity contribution in [2.45, 2.75) is 13.3 Å². The summed E-state index contributed by atoms with van der Waals surface area (Å²) in [6.07, 6.45) is 10.6. The third-order valence-corrected chi connectivity index (χ3v) is 1.04. The fourth-order valence-corrected chi connectivity index (χ4v) is 0.556. The largest absolute Gasteiger partial charge is 0.103 e. The molecule has 0 aliphatic carbocycles. The van der Waals surface area contributed by atoms with E-state index in [9.17, 15) is 0 Å². The van der Waals surface area contributed by atoms with Gasteiger partial charge in [-0.1, -0.05) is 42.5 Å². The molecule has 0 radical (unpaired) electrons. The number of hydrogen-bond acceptors (Lipinski definition) is 0. The highest BCUT2D eigenvalue weighted by Gasteiger charge is 1.79. The van der Waals surface area contributed by atoms with Gasteiger partial charge in [-0.15, -0.1) is 6.58 Å². The molecule has 0 spiro atoms. The zero-order valence-corrected chi connectivity index (χ0v) is 6.51. The highest BCUT2D eigenvalue weighted by atomic mass is 13.8. The van der Waals surface area contributed by atoms with Gasteiger partial charge in [-0.2, -0.15) is 0 Å². The zero-order chi connectivity index (χ0) is 7.82. The fraction of sp³-hybridized carbons (Fsp3) is 0.200. The van der Waals surface area contributed by atoms with Crippen molar-refractivity contribution in [3.8, 4) is 0 Å². The first-order chi connectivity index (χ1) is 4.81. The molecule has 0 aliphatic rings. The van der Waals surface area contributed by atoms with Crippen LogP contribution in [-0.4, -0.2) is 0 Å². The maximum Gasteiger partial charge on any atom is -0.0106 e. The summed E-state index contributed by atoms with van der Waals surface area (Å²) in [6, 6.07) is 0. The van der Waals surface area contributed by atoms with E-state index in [0.29, 0.717) is 0 Å². The molecule has 0 fully saturated rings. The van der Waals surface area contributed by atoms with Crippen molar-refractivity contribution in [3.05, 3.63) is 49.1 Å². The number of hydrogen-bond donors (Lipinski definition) is 0. The molecule has 0 atom stereocenters. The van der Waals surface area contributed by atoms with Gasteiger partial charge in [0.1, 0.15) is 0 Å². The van der Waals surface area contributed by atoms with Gasteiger partial charge in [0.05, 0.1) is 0 Å². The predicted molar refractivity (Wildman–Crippen MR) is 47.9 cm³/mol. The van der Waals surface area contributed by atoms with Crippen molar-refractivity contribution < 1.29 is 0 Å². The summed E-state index contributed by atoms with van der Waals surface area (Å²) in [5, 5.41) is 0. The maximum atomic E-state index is 3.82. The monoisotopic (exact) mass is 134 g/mol. The molecule has 0 heteroatoms. The first-order valence-corrected chi connectivity index (χ1v) is 3.39. The molecule has 0 aromatic carbocycles. The molecule has 0 saturated carbocycles. The van der Waals surface area contributed by atoms with E-state index in [-0.39, 0.29) is 0 Å². The van der Waals surface area contributed by atoms with Gasteiger partial charge in [-0.25, -0.2) is 0 Å². The van der Waals surface area contributed by atoms with Gasteiger partial charge in [0.15, 0.2) is 0 Å². The fourth-order valence-electron chi connectivity index (χ4n) is 0.556. The van der Waals surface area contributed by atoms with Gasteiger partial charge >= 0.3 is 0 Å². The quantitative estimate of drug-likeness (QED) is 0.409. The molecule has 0 rings (SSSR count). The van der Waals surface area contributed by atoms with Crippen molar-refractivity contribution in [3.63, 3.8) is 0 Å². The summed E-state index contributed by atoms with van der Waals surface area (Å²) in [5.41, 5.74) is 1.09. The van der Waals surface area contributed by atoms with Crippen molar-refractivity contribution in [2.75, 3.05) is 0 Å². The first-order valence-electron chi connectivity index (χ1n) is 3.39. The molecule has 0 aromatic rings. The lowest BCUT2D eigenvalue weighted by atomic mass is 10.2. The highest BCUT2D eigenvalue weighted by Crippen LogP contribution is 1.99. The highest BCUT2D eigenvalue weighted by molar-refractivity contribution is 5.20. The van der Waals surface area contributed by atoms with Crippen LogP contribution in [0.1, 0.15) is 13.3 Å². The molecule has 0 N–H and O–H groups in total. The molecular formula is C10H14. The van der Waals surface area contributed by atoms with Gasteiger partial charge < -0.3 is 0 Å². The molecule has 10 heavy (non-hydrogen) atoms. The average Bonchev–Trinajstić information content (AvgIpc) is 1.89. The summed E-state index contributed by atoms with van der Waals surface area (Å²) in [7, 11) is 0. The topological polar surface area (TPSA) is 0 Å². The van der Waals surface area contributed by atoms with Gasteiger partial charge in [-0.3, -0.25) is 0 Å². The van der Waals surface area contributed by atoms with E-state index in [0.717, 1.165) is 12.0 Å². The standard InChI is InChI=1S/C10H14/c1-4-6-7-9-10(3)8-5-2/h4-7,9H,2-3,8H2,1H3/b6-4-,9-7-. The Bertz CT molecular complexity index is 159. The zero-order valence-electron chi connectivity index (χ0n) is 6.51. The Hall–Kier alpha value is -1.04. The molecular weight excluding hydrogens is 120 g/mol. The molecule has 0 aromatic heterocycles. The molecule has 0 heterocycles. The first kappa shape index (κ1) is 8.96. The molecule has 54 valence electrons. The summed E-state index contributed by atoms with van der Waals surface area (Å²) < 4.78 is 0. The minimum Gasteiger partial charge on any atom is -0.103 e. The number of allylic oxidation sites excluding steroid dienone is 6. The minimum absolute atomic E-state index is 0.869. The van der Waals surface area contributed by atoms with Crippen LogP contribution in [0.15, 0.2) is 49.1 Å². The van der Waals surface area contributed by atoms with Crippen LogP contribution < -0.4 is 0 Å². The van der Waals surface area contributed by atoms with Crippen molar-refractivity contribution >= 4 is 0 Å². The molecule has 0 nitrogen and oxygen atoms in total. The lowest BCUT2D eigenvalue weighted by Crippen LogP contribution is -1.68. The van der Waals surface area contributed by atoms with Crippen LogP contribution in [0.3, 0.4) is 0 Å². The Morgan fingerprint density at radius 3 is 2.60 bits per heavy atom. The lowest BCUT2D eigenvalue weighted by Gasteiger charge is -1.88. The van der Waals surface area contributed by atoms with Gasteiger partial charge in [0, 0.05) is 0 Å². The molecule has 0 amide bonds. The van der Waals surface area contributed by atoms with Crippen LogP contribution in [0.5, 0.6) is 0 Å². The third kappa shape index (κ3) is 5.10. The van der Waals surface area contributed by atoms with E-state index in [4.69, 9.17) is 0 Å². The van der Waals surface area contributed by atoms with Crippen LogP contribution in [0.2, 0.25) is 0 Å². The molecule has 0 bridgehead atoms. The Morgan fingerprint density at radius 1 is 1.40 bits per heavy atom. The van der Waals surface area contributed by atoms with Gasteiger partial charge in [0.25, 0.3) is 0 Å². The lowest BCUT2D eigenvalue weighted by molar-refractivity contribution is 1.31. The summed E-state index contributed by atoms with van der Waals surface area (Å²) in [6.45, 7) is 9.43. The van der Waals surface area contributed by atoms with Crippen LogP contribution in [0, 0.1) is 0 Å². The Balaban J connectivity index is 3.66. The Kier molecular flexibility index (Phi) is 5.45. The second kappa shape index (κ2) is 6.09. The van der Waals surface area contributed by atoms with Crippen LogP contribution in [-0.2, 0) is 0 Å². The average molecular weight is 134 g/mol. The van der Waals surface area contributed by atoms with Crippen LogP contribution >= 0.6 is 0 Å². The van der Waals surface area contributed by atoms with Crippen LogP contribution in [0.25, 0.3) is 0 Å². The van der Waals surface area contributed by atoms with E-state index < -0.39 is 0 Å². The SMILES string of the molecule is C=CCC(=C)/C=C\C=C/C. The van der Waals surface area contributed by atoms with Crippen LogP contribution in [0.4, 0.5) is 0 Å². The van der Waals surface area contributed by atoms with Crippen molar-refractivity contribution in [2.24, 2.45) is 0 Å². The third-order valence-electron chi connectivity index (χ3n) is 1.04. The van der Waals surface area contributed by atoms with E-state index in [1.807, 2.05) is 37.3 Å². The molecule has 0 aliphatic heterocycles. The summed E-state index contributed by atoms with van der Waals surface area (Å²) in [4.78, 5) is 0. The van der Waals surface area contributed by atoms with Gasteiger partial charge in [0.2, 0.25) is 0 Å². The molecule has 0 unspecified atom stereocenters. The summed E-state index contributed by atoms with van der Waals surface area (Å²) >= 11 is 0. The van der Waals surface area contributed by atoms with Gasteiger partial charge in [-0.05, 0) is 13.3 Å². The minimum atomic E-state index is 0.869. The van der Waals surface area contributed by atoms with E-state index in [1.54, 1.807) is 0 Å². The van der Waals surface area contributed by atoms with Crippen molar-refractivity contribution in [1.82, 2.24) is 0 Å². The van der Waals surface area contributed by atoms with E-state index in [1.165, 1.54) is 0 Å². The summed E-state index contributed by atoms with van der Waals surface area (Å²) in [5.74, 6) is 0. The second-order valence-corrected chi connectivity index (χ2v) is 2.04. The van der Waals surface area contributed by atoms with E-state index >= 15 is 0 Å². The Labute approximate surface area is 63.3 Å². The maximum absolute atomic E-state index is 3.82. The predicted octanol–water partition coefficient (Wildman–Crippen LogP) is 3.25. The number of rotatable bonds is 4. The Morgan fingerprint density at radius 2 is 2.10 bits per heavy atom. The van der Waals surface area contributed by atoms with Crippen molar-refractivity contribution in [1.29, 1.82) is 0 Å². The normalized spacial score (nSPS) is 10.9. The molecule has 0 saturated heterocycles. The smallest absolute Gasteiger partial charge is 0.0106 e. The second-order valence-electron chi connectivity index (χ2n) is 2.04.